The summed E-state index contributed by atoms with van der Waals surface area (Å²) in [6, 6.07) is -0.987. The molecule has 3 aromatic rings. The van der Waals surface area contributed by atoms with Gasteiger partial charge in [0.1, 0.15) is 36.3 Å². The molecule has 6 amide bonds. The number of aromatic amines is 1. The Kier molecular flexibility index (Phi) is 19.1. The van der Waals surface area contributed by atoms with Gasteiger partial charge >= 0.3 is 18.5 Å². The normalized spacial score (nSPS) is 28.6. The summed E-state index contributed by atoms with van der Waals surface area (Å²) in [5.41, 5.74) is 9.15. The number of phosphoric ester groups is 1. The van der Waals surface area contributed by atoms with Gasteiger partial charge in [-0.1, -0.05) is 13.8 Å². The van der Waals surface area contributed by atoms with Crippen molar-refractivity contribution in [1.82, 2.24) is 49.9 Å². The van der Waals surface area contributed by atoms with Crippen LogP contribution in [0.4, 0.5) is 19.4 Å². The van der Waals surface area contributed by atoms with Crippen molar-refractivity contribution < 1.29 is 79.1 Å². The number of carbonyl (C=O) groups excluding carboxylic acids is 6. The van der Waals surface area contributed by atoms with Crippen LogP contribution in [0.1, 0.15) is 64.8 Å². The minimum atomic E-state index is -5.57. The van der Waals surface area contributed by atoms with E-state index in [-0.39, 0.29) is 68.1 Å². The minimum Gasteiger partial charge on any atom is -0.756 e. The zero-order valence-corrected chi connectivity index (χ0v) is 43.2. The van der Waals surface area contributed by atoms with Crippen LogP contribution in [0.25, 0.3) is 11.2 Å². The highest BCUT2D eigenvalue weighted by Crippen LogP contribution is 2.63. The van der Waals surface area contributed by atoms with Gasteiger partial charge in [0.05, 0.1) is 25.6 Å². The third-order valence-corrected chi connectivity index (χ3v) is 17.1. The molecule has 7 rings (SSSR count). The number of ketones is 1. The molecular weight excluding hydrogens is 1080 g/mol. The molecule has 7 heterocycles. The first kappa shape index (κ1) is 57.9. The number of imide groups is 1. The summed E-state index contributed by atoms with van der Waals surface area (Å²) in [6.07, 6.45) is -10.3. The van der Waals surface area contributed by atoms with Crippen LogP contribution in [0.5, 0.6) is 0 Å². The standard InChI is InChI=1S/C42H56F2N12O17P2S/c1-21(2)32(52-26(58)7-3-4-13-54-28(60)8-9-29(54)61)23(57)16-22(6-5-11-48-41(46)63)38(62)47-12-15-76-75(67)69-18-25-34(30(43)40(71-25)56-20-51-33-36(45)49-19-50-37(33)56)72-74(65,66)68-17-24-35(73-75)31(44)39(70-24)55-14-10-27(59)53-42(55)64/h8-10,14,19-22,24-25,30-32,34-35,39-40H,3-7,11-13,15-18H2,1-2H3,(H,47,62)(H,52,58)(H,65,66)(H2,45,49,50)(H3,46,48,63)(H,53,59,64)/p-1/t22?,24-,25-,30-,31-,32?,34-,35-,39-,40-,75?/m1/s1. The zero-order chi connectivity index (χ0) is 55.1. The first-order valence-electron chi connectivity index (χ1n) is 23.8. The van der Waals surface area contributed by atoms with Gasteiger partial charge in [-0.15, -0.1) is 0 Å². The highest BCUT2D eigenvalue weighted by atomic mass is 32.7. The maximum Gasteiger partial charge on any atom is 0.389 e. The number of primary amides is 1. The van der Waals surface area contributed by atoms with Gasteiger partial charge in [0.15, 0.2) is 42.0 Å². The molecule has 0 radical (unpaired) electrons. The maximum atomic E-state index is 16.6. The van der Waals surface area contributed by atoms with E-state index in [2.05, 4.69) is 30.9 Å². The van der Waals surface area contributed by atoms with E-state index >= 15 is 8.78 Å². The van der Waals surface area contributed by atoms with E-state index in [0.29, 0.717) is 28.8 Å². The van der Waals surface area contributed by atoms with Crippen molar-refractivity contribution in [2.75, 3.05) is 44.3 Å². The fourth-order valence-corrected chi connectivity index (χ4v) is 12.9. The largest absolute Gasteiger partial charge is 0.756 e. The number of amides is 6. The molecule has 34 heteroatoms. The van der Waals surface area contributed by atoms with Crippen LogP contribution in [-0.4, -0.2) is 151 Å². The number of nitrogen functional groups attached to an aromatic ring is 1. The Balaban J connectivity index is 1.05. The first-order chi connectivity index (χ1) is 36.0. The number of aromatic nitrogens is 6. The van der Waals surface area contributed by atoms with E-state index in [1.54, 1.807) is 13.8 Å². The molecule has 3 aromatic heterocycles. The first-order valence-corrected chi connectivity index (χ1v) is 28.4. The monoisotopic (exact) mass is 1130 g/mol. The second-order valence-corrected chi connectivity index (χ2v) is 23.6. The van der Waals surface area contributed by atoms with Crippen molar-refractivity contribution in [2.24, 2.45) is 17.6 Å². The van der Waals surface area contributed by atoms with Crippen molar-refractivity contribution in [3.05, 3.63) is 57.9 Å². The van der Waals surface area contributed by atoms with Crippen molar-refractivity contribution in [3.8, 4) is 0 Å². The number of nitrogens with two attached hydrogens (primary N) is 2. The molecule has 76 heavy (non-hydrogen) atoms. The molecule has 0 aromatic carbocycles. The number of hydrogen-bond donors (Lipinski definition) is 6. The van der Waals surface area contributed by atoms with Gasteiger partial charge in [0.2, 0.25) is 11.8 Å². The van der Waals surface area contributed by atoms with Crippen LogP contribution in [0.2, 0.25) is 0 Å². The topological polar surface area (TPSA) is 405 Å². The van der Waals surface area contributed by atoms with Crippen molar-refractivity contribution in [3.63, 3.8) is 0 Å². The summed E-state index contributed by atoms with van der Waals surface area (Å²) >= 11 is 0.413. The number of anilines is 1. The summed E-state index contributed by atoms with van der Waals surface area (Å²) < 4.78 is 96.5. The maximum absolute atomic E-state index is 16.6. The second-order valence-electron chi connectivity index (χ2n) is 18.1. The number of fused-ring (bicyclic) bond motifs is 3. The van der Waals surface area contributed by atoms with Crippen LogP contribution < -0.4 is 43.6 Å². The van der Waals surface area contributed by atoms with E-state index < -0.39 is 142 Å². The third-order valence-electron chi connectivity index (χ3n) is 12.4. The number of hydrogen-bond acceptors (Lipinski definition) is 22. The number of nitrogens with zero attached hydrogens (tertiary/aromatic N) is 6. The van der Waals surface area contributed by atoms with Crippen LogP contribution in [-0.2, 0) is 60.7 Å². The molecule has 0 bridgehead atoms. The lowest BCUT2D eigenvalue weighted by molar-refractivity contribution is -0.235. The number of phosphoric acid groups is 1. The lowest BCUT2D eigenvalue weighted by atomic mass is 9.89. The van der Waals surface area contributed by atoms with Crippen LogP contribution in [0, 0.1) is 11.8 Å². The smallest absolute Gasteiger partial charge is 0.389 e. The van der Waals surface area contributed by atoms with Gasteiger partial charge in [-0.3, -0.25) is 61.4 Å². The van der Waals surface area contributed by atoms with Gasteiger partial charge in [-0.25, -0.2) is 37.9 Å². The number of H-pyrrole nitrogens is 1. The molecular formula is C42H55F2N12O17P2S-. The quantitative estimate of drug-likeness (QED) is 0.0462. The molecule has 0 spiro atoms. The minimum absolute atomic E-state index is 0.0169. The van der Waals surface area contributed by atoms with Crippen LogP contribution in [0.3, 0.4) is 0 Å². The Morgan fingerprint density at radius 3 is 2.25 bits per heavy atom. The highest BCUT2D eigenvalue weighted by Gasteiger charge is 2.54. The number of Topliss-reactive ketones (excluding diaryl/α,β-unsaturated/α-hetero) is 1. The number of carbonyl (C=O) groups is 6. The zero-order valence-electron chi connectivity index (χ0n) is 40.6. The van der Waals surface area contributed by atoms with Gasteiger partial charge in [0, 0.05) is 68.6 Å². The predicted molar refractivity (Wildman–Crippen MR) is 257 cm³/mol. The Morgan fingerprint density at radius 2 is 1.58 bits per heavy atom. The number of halogens is 2. The number of alkyl halides is 2. The molecule has 4 unspecified atom stereocenters. The predicted octanol–water partition coefficient (Wildman–Crippen LogP) is -0.0672. The fraction of sp³-hybridized carbons (Fsp3) is 0.595. The number of nitrogens with one attached hydrogen (secondary N) is 4. The molecule has 4 aliphatic heterocycles. The summed E-state index contributed by atoms with van der Waals surface area (Å²) in [4.78, 5) is 129. The van der Waals surface area contributed by atoms with E-state index in [0.717, 1.165) is 46.5 Å². The molecule has 0 aliphatic carbocycles. The van der Waals surface area contributed by atoms with Gasteiger partial charge < -0.3 is 50.8 Å². The number of unbranched alkanes of at least 4 members (excludes halogenated alkanes) is 1. The Hall–Kier alpha value is -5.82. The van der Waals surface area contributed by atoms with Crippen LogP contribution in [0.15, 0.2) is 46.7 Å². The average molecular weight is 1130 g/mol. The number of imidazole rings is 1. The van der Waals surface area contributed by atoms with Crippen LogP contribution >= 0.6 is 26.0 Å². The van der Waals surface area contributed by atoms with E-state index in [9.17, 15) is 52.4 Å². The molecule has 12 atom stereocenters. The second kappa shape index (κ2) is 25.1. The van der Waals surface area contributed by atoms with Gasteiger partial charge in [0.25, 0.3) is 25.2 Å². The lowest BCUT2D eigenvalue weighted by Gasteiger charge is -2.32. The third kappa shape index (κ3) is 14.2. The SMILES string of the molecule is CC(C)C(NC(=O)CCCCN1C(=O)C=CC1=O)C(=O)CC(CCCNC(N)=O)C(=O)NCCSP1(=O)OC[C@H]2O[C@@H](n3cnc4c(N)ncnc43)[C@H](F)[C@@H]2OP(=O)([O-])OC[C@H]2O[C@@H](n3ccc(=O)[nH]c3=O)[C@H](F)[C@@H]2O1. The number of ether oxygens (including phenoxy) is 2. The Morgan fingerprint density at radius 1 is 0.908 bits per heavy atom. The summed E-state index contributed by atoms with van der Waals surface area (Å²) in [6.45, 7) is -3.69. The molecule has 29 nitrogen and oxygen atoms in total. The lowest BCUT2D eigenvalue weighted by Crippen LogP contribution is -2.46. The van der Waals surface area contributed by atoms with Crippen molar-refractivity contribution in [1.29, 1.82) is 0 Å². The number of rotatable bonds is 21. The van der Waals surface area contributed by atoms with E-state index in [1.807, 2.05) is 4.98 Å². The van der Waals surface area contributed by atoms with E-state index in [4.69, 9.17) is 39.0 Å². The molecule has 3 saturated heterocycles. The molecule has 4 aliphatic rings. The Labute approximate surface area is 433 Å². The molecule has 0 saturated carbocycles. The number of urea groups is 1. The summed E-state index contributed by atoms with van der Waals surface area (Å²) in [5.74, 6) is -4.45. The van der Waals surface area contributed by atoms with Gasteiger partial charge in [-0.05, 0) is 43.0 Å². The Bertz CT molecular complexity index is 2900. The van der Waals surface area contributed by atoms with Gasteiger partial charge in [-0.2, -0.15) is 0 Å². The fourth-order valence-electron chi connectivity index (χ4n) is 8.60. The average Bonchev–Trinajstić information content (AvgIpc) is 4.10. The highest BCUT2D eigenvalue weighted by molar-refractivity contribution is 8.55. The molecule has 3 fully saturated rings. The van der Waals surface area contributed by atoms with Crippen molar-refractivity contribution >= 4 is 78.4 Å². The summed E-state index contributed by atoms with van der Waals surface area (Å²) in [5, 5.41) is 7.76. The molecule has 8 N–H and O–H groups in total. The van der Waals surface area contributed by atoms with E-state index in [1.165, 1.54) is 0 Å². The summed E-state index contributed by atoms with van der Waals surface area (Å²) in [7, 11) is -5.57. The van der Waals surface area contributed by atoms with Crippen molar-refractivity contribution in [2.45, 2.75) is 108 Å². The molecule has 416 valence electrons.